The fraction of sp³-hybridized carbons (Fsp3) is 0.250. The Balaban J connectivity index is 2.02. The van der Waals surface area contributed by atoms with Gasteiger partial charge < -0.3 is 10.1 Å². The predicted octanol–water partition coefficient (Wildman–Crippen LogP) is 3.01. The van der Waals surface area contributed by atoms with Gasteiger partial charge in [-0.2, -0.15) is 0 Å². The molecule has 1 atom stereocenters. The molecule has 1 amide bonds. The zero-order valence-electron chi connectivity index (χ0n) is 12.7. The van der Waals surface area contributed by atoms with Crippen molar-refractivity contribution in [3.05, 3.63) is 52.9 Å². The lowest BCUT2D eigenvalue weighted by Crippen LogP contribution is -2.32. The van der Waals surface area contributed by atoms with Gasteiger partial charge >= 0.3 is 5.97 Å². The van der Waals surface area contributed by atoms with E-state index in [1.54, 1.807) is 19.2 Å². The largest absolute Gasteiger partial charge is 0.449 e. The Labute approximate surface area is 138 Å². The monoisotopic (exact) mass is 333 g/mol. The van der Waals surface area contributed by atoms with Crippen LogP contribution < -0.4 is 5.32 Å². The second kappa shape index (κ2) is 7.69. The number of carbonyl (C=O) groups is 2. The van der Waals surface area contributed by atoms with Gasteiger partial charge in [-0.15, -0.1) is 0 Å². The lowest BCUT2D eigenvalue weighted by Gasteiger charge is -2.15. The summed E-state index contributed by atoms with van der Waals surface area (Å²) in [6.45, 7) is 3.65. The molecule has 120 valence electrons. The molecule has 0 saturated carbocycles. The van der Waals surface area contributed by atoms with Crippen molar-refractivity contribution in [1.82, 2.24) is 9.97 Å². The molecule has 2 aromatic rings. The lowest BCUT2D eigenvalue weighted by atomic mass is 10.2. The van der Waals surface area contributed by atoms with Gasteiger partial charge in [-0.1, -0.05) is 24.6 Å². The molecular formula is C16H16ClN3O3. The van der Waals surface area contributed by atoms with Gasteiger partial charge in [-0.3, -0.25) is 4.79 Å². The molecule has 1 unspecified atom stereocenters. The van der Waals surface area contributed by atoms with Crippen LogP contribution in [0.2, 0.25) is 5.15 Å². The van der Waals surface area contributed by atoms with Crippen LogP contribution in [0.5, 0.6) is 0 Å². The molecule has 1 N–H and O–H groups in total. The Morgan fingerprint density at radius 3 is 2.70 bits per heavy atom. The molecule has 2 heterocycles. The summed E-state index contributed by atoms with van der Waals surface area (Å²) >= 11 is 5.74. The highest BCUT2D eigenvalue weighted by Gasteiger charge is 2.22. The topological polar surface area (TPSA) is 81.2 Å². The van der Waals surface area contributed by atoms with Crippen molar-refractivity contribution < 1.29 is 14.3 Å². The van der Waals surface area contributed by atoms with E-state index in [1.165, 1.54) is 18.3 Å². The van der Waals surface area contributed by atoms with Gasteiger partial charge in [0, 0.05) is 12.4 Å². The third-order valence-corrected chi connectivity index (χ3v) is 3.24. The van der Waals surface area contributed by atoms with Crippen LogP contribution in [0, 0.1) is 6.92 Å². The second-order valence-corrected chi connectivity index (χ2v) is 5.27. The number of hydrogen-bond acceptors (Lipinski definition) is 5. The molecule has 0 aliphatic rings. The number of esters is 1. The number of halogens is 1. The van der Waals surface area contributed by atoms with Crippen LogP contribution in [0.15, 0.2) is 36.7 Å². The third kappa shape index (κ3) is 4.75. The van der Waals surface area contributed by atoms with Gasteiger partial charge in [0.05, 0.1) is 5.56 Å². The molecule has 2 rings (SSSR count). The van der Waals surface area contributed by atoms with Crippen LogP contribution in [-0.2, 0) is 9.53 Å². The molecule has 0 bridgehead atoms. The van der Waals surface area contributed by atoms with Gasteiger partial charge in [0.2, 0.25) is 0 Å². The van der Waals surface area contributed by atoms with Crippen LogP contribution in [-0.4, -0.2) is 27.9 Å². The van der Waals surface area contributed by atoms with Gasteiger partial charge in [0.1, 0.15) is 11.0 Å². The van der Waals surface area contributed by atoms with Crippen LogP contribution in [0.3, 0.4) is 0 Å². The van der Waals surface area contributed by atoms with E-state index in [4.69, 9.17) is 16.3 Å². The number of rotatable bonds is 5. The summed E-state index contributed by atoms with van der Waals surface area (Å²) < 4.78 is 5.23. The Bertz CT molecular complexity index is 704. The highest BCUT2D eigenvalue weighted by Crippen LogP contribution is 2.12. The number of aromatic nitrogens is 2. The molecule has 0 saturated heterocycles. The highest BCUT2D eigenvalue weighted by atomic mass is 35.5. The first-order valence-electron chi connectivity index (χ1n) is 7.05. The van der Waals surface area contributed by atoms with Crippen molar-refractivity contribution in [3.8, 4) is 0 Å². The molecule has 7 heteroatoms. The van der Waals surface area contributed by atoms with Crippen molar-refractivity contribution in [1.29, 1.82) is 0 Å². The number of nitrogens with zero attached hydrogens (tertiary/aromatic N) is 2. The number of aryl methyl sites for hydroxylation is 1. The van der Waals surface area contributed by atoms with Crippen molar-refractivity contribution in [2.45, 2.75) is 26.4 Å². The quantitative estimate of drug-likeness (QED) is 0.672. The zero-order chi connectivity index (χ0) is 16.8. The maximum absolute atomic E-state index is 12.2. The molecule has 6 nitrogen and oxygen atoms in total. The summed E-state index contributed by atoms with van der Waals surface area (Å²) in [6.07, 6.45) is 2.46. The number of carbonyl (C=O) groups excluding carboxylic acids is 2. The minimum absolute atomic E-state index is 0.181. The summed E-state index contributed by atoms with van der Waals surface area (Å²) in [4.78, 5) is 32.1. The number of anilines is 1. The number of hydrogen-bond donors (Lipinski definition) is 1. The van der Waals surface area contributed by atoms with Gasteiger partial charge in [0.25, 0.3) is 5.91 Å². The predicted molar refractivity (Wildman–Crippen MR) is 86.3 cm³/mol. The first-order chi connectivity index (χ1) is 11.0. The third-order valence-electron chi connectivity index (χ3n) is 3.04. The summed E-state index contributed by atoms with van der Waals surface area (Å²) in [7, 11) is 0. The molecular weight excluding hydrogens is 318 g/mol. The summed E-state index contributed by atoms with van der Waals surface area (Å²) in [5.74, 6) is -0.660. The maximum atomic E-state index is 12.2. The smallest absolute Gasteiger partial charge is 0.339 e. The van der Waals surface area contributed by atoms with Crippen LogP contribution >= 0.6 is 11.6 Å². The van der Waals surface area contributed by atoms with E-state index in [1.807, 2.05) is 13.0 Å². The Kier molecular flexibility index (Phi) is 5.65. The van der Waals surface area contributed by atoms with Crippen molar-refractivity contribution >= 4 is 29.3 Å². The Morgan fingerprint density at radius 1 is 1.30 bits per heavy atom. The average Bonchev–Trinajstić information content (AvgIpc) is 2.54. The maximum Gasteiger partial charge on any atom is 0.339 e. The van der Waals surface area contributed by atoms with Crippen molar-refractivity contribution in [3.63, 3.8) is 0 Å². The summed E-state index contributed by atoms with van der Waals surface area (Å²) in [5, 5.41) is 2.80. The second-order valence-electron chi connectivity index (χ2n) is 4.88. The molecule has 0 aliphatic carbocycles. The van der Waals surface area contributed by atoms with Crippen LogP contribution in [0.4, 0.5) is 5.82 Å². The standard InChI is InChI=1S/C16H16ClN3O3/c1-3-12(15(21)20-14-5-4-10(2)9-19-14)23-16(22)11-6-7-18-13(17)8-11/h4-9,12H,3H2,1-2H3,(H,19,20,21). The normalized spacial score (nSPS) is 11.6. The minimum atomic E-state index is -0.919. The summed E-state index contributed by atoms with van der Waals surface area (Å²) in [6, 6.07) is 6.37. The fourth-order valence-corrected chi connectivity index (χ4v) is 1.97. The lowest BCUT2D eigenvalue weighted by molar-refractivity contribution is -0.124. The number of nitrogens with one attached hydrogen (secondary N) is 1. The van der Waals surface area contributed by atoms with E-state index in [9.17, 15) is 9.59 Å². The van der Waals surface area contributed by atoms with E-state index in [-0.39, 0.29) is 10.7 Å². The number of amides is 1. The van der Waals surface area contributed by atoms with Gasteiger partial charge in [-0.25, -0.2) is 14.8 Å². The molecule has 23 heavy (non-hydrogen) atoms. The van der Waals surface area contributed by atoms with E-state index in [2.05, 4.69) is 15.3 Å². The minimum Gasteiger partial charge on any atom is -0.449 e. The number of pyridine rings is 2. The van der Waals surface area contributed by atoms with E-state index in [0.717, 1.165) is 5.56 Å². The fourth-order valence-electron chi connectivity index (χ4n) is 1.80. The van der Waals surface area contributed by atoms with Crippen LogP contribution in [0.25, 0.3) is 0 Å². The van der Waals surface area contributed by atoms with E-state index < -0.39 is 18.0 Å². The summed E-state index contributed by atoms with van der Waals surface area (Å²) in [5.41, 5.74) is 1.22. The van der Waals surface area contributed by atoms with E-state index >= 15 is 0 Å². The molecule has 0 aliphatic heterocycles. The molecule has 2 aromatic heterocycles. The molecule has 0 spiro atoms. The van der Waals surface area contributed by atoms with Crippen molar-refractivity contribution in [2.75, 3.05) is 5.32 Å². The Morgan fingerprint density at radius 2 is 2.09 bits per heavy atom. The van der Waals surface area contributed by atoms with E-state index in [0.29, 0.717) is 12.2 Å². The van der Waals surface area contributed by atoms with Crippen molar-refractivity contribution in [2.24, 2.45) is 0 Å². The first-order valence-corrected chi connectivity index (χ1v) is 7.43. The average molecular weight is 334 g/mol. The molecule has 0 fully saturated rings. The zero-order valence-corrected chi connectivity index (χ0v) is 13.5. The Hall–Kier alpha value is -2.47. The molecule has 0 radical (unpaired) electrons. The SMILES string of the molecule is CCC(OC(=O)c1ccnc(Cl)c1)C(=O)Nc1ccc(C)cn1. The first kappa shape index (κ1) is 16.9. The van der Waals surface area contributed by atoms with Gasteiger partial charge in [-0.05, 0) is 37.1 Å². The highest BCUT2D eigenvalue weighted by molar-refractivity contribution is 6.29. The molecule has 0 aromatic carbocycles. The van der Waals surface area contributed by atoms with Gasteiger partial charge in [0.15, 0.2) is 6.10 Å². The van der Waals surface area contributed by atoms with Crippen LogP contribution in [0.1, 0.15) is 29.3 Å². The number of ether oxygens (including phenoxy) is 1.